The van der Waals surface area contributed by atoms with Gasteiger partial charge in [-0.1, -0.05) is 18.2 Å². The summed E-state index contributed by atoms with van der Waals surface area (Å²) in [7, 11) is 1.74. The zero-order chi connectivity index (χ0) is 19.4. The number of amides is 1. The van der Waals surface area contributed by atoms with Crippen molar-refractivity contribution in [3.05, 3.63) is 48.0 Å². The Morgan fingerprint density at radius 3 is 2.96 bits per heavy atom. The van der Waals surface area contributed by atoms with Crippen LogP contribution in [-0.2, 0) is 17.8 Å². The molecule has 3 heterocycles. The van der Waals surface area contributed by atoms with Crippen molar-refractivity contribution in [1.82, 2.24) is 19.8 Å². The van der Waals surface area contributed by atoms with Crippen LogP contribution in [0.4, 0.5) is 0 Å². The van der Waals surface area contributed by atoms with Crippen molar-refractivity contribution < 1.29 is 9.53 Å². The van der Waals surface area contributed by atoms with Gasteiger partial charge in [0, 0.05) is 61.9 Å². The lowest BCUT2D eigenvalue weighted by atomic mass is 9.73. The van der Waals surface area contributed by atoms with Crippen molar-refractivity contribution in [2.45, 2.75) is 38.6 Å². The number of likely N-dealkylation sites (tertiary alicyclic amines) is 2. The maximum atomic E-state index is 12.5. The molecule has 1 aromatic heterocycles. The molecule has 0 radical (unpaired) electrons. The minimum atomic E-state index is 0.224. The fourth-order valence-corrected chi connectivity index (χ4v) is 4.84. The van der Waals surface area contributed by atoms with Gasteiger partial charge in [0.2, 0.25) is 5.91 Å². The SMILES string of the molecule is COc1ccccc1CN1CCC[C@]2(CCC(=O)N(CCc3cnc[nH]3)C2)C1. The van der Waals surface area contributed by atoms with Gasteiger partial charge in [0.05, 0.1) is 13.4 Å². The highest BCUT2D eigenvalue weighted by Gasteiger charge is 2.41. The largest absolute Gasteiger partial charge is 0.496 e. The molecular formula is C22H30N4O2. The molecule has 1 spiro atoms. The van der Waals surface area contributed by atoms with Crippen molar-refractivity contribution >= 4 is 5.91 Å². The second-order valence-electron chi connectivity index (χ2n) is 8.27. The van der Waals surface area contributed by atoms with Gasteiger partial charge in [-0.25, -0.2) is 4.98 Å². The predicted molar refractivity (Wildman–Crippen MR) is 108 cm³/mol. The van der Waals surface area contributed by atoms with Crippen LogP contribution in [0.1, 0.15) is 36.9 Å². The van der Waals surface area contributed by atoms with E-state index in [4.69, 9.17) is 4.74 Å². The average Bonchev–Trinajstić information content (AvgIpc) is 3.23. The number of benzene rings is 1. The molecule has 2 aliphatic heterocycles. The highest BCUT2D eigenvalue weighted by Crippen LogP contribution is 2.39. The lowest BCUT2D eigenvalue weighted by Gasteiger charge is -2.48. The highest BCUT2D eigenvalue weighted by molar-refractivity contribution is 5.77. The molecule has 1 atom stereocenters. The second-order valence-corrected chi connectivity index (χ2v) is 8.27. The van der Waals surface area contributed by atoms with Crippen molar-refractivity contribution in [3.63, 3.8) is 0 Å². The van der Waals surface area contributed by atoms with Crippen LogP contribution in [-0.4, -0.2) is 59.0 Å². The quantitative estimate of drug-likeness (QED) is 0.835. The summed E-state index contributed by atoms with van der Waals surface area (Å²) in [4.78, 5) is 24.3. The Hall–Kier alpha value is -2.34. The number of hydrogen-bond donors (Lipinski definition) is 1. The number of nitrogens with zero attached hydrogens (tertiary/aromatic N) is 3. The van der Waals surface area contributed by atoms with E-state index in [0.717, 1.165) is 57.0 Å². The predicted octanol–water partition coefficient (Wildman–Crippen LogP) is 2.87. The number of ether oxygens (including phenoxy) is 1. The van der Waals surface area contributed by atoms with Crippen molar-refractivity contribution in [2.75, 3.05) is 33.3 Å². The van der Waals surface area contributed by atoms with Crippen LogP contribution < -0.4 is 4.74 Å². The first-order valence-electron chi connectivity index (χ1n) is 10.3. The molecule has 6 heteroatoms. The Morgan fingerprint density at radius 1 is 1.25 bits per heavy atom. The minimum Gasteiger partial charge on any atom is -0.496 e. The number of piperidine rings is 2. The lowest BCUT2D eigenvalue weighted by Crippen LogP contribution is -2.54. The summed E-state index contributed by atoms with van der Waals surface area (Å²) in [5, 5.41) is 0. The fourth-order valence-electron chi connectivity index (χ4n) is 4.84. The molecule has 1 amide bonds. The molecule has 1 N–H and O–H groups in total. The molecule has 2 aromatic rings. The molecule has 28 heavy (non-hydrogen) atoms. The Bertz CT molecular complexity index is 792. The standard InChI is InChI=1S/C22H30N4O2/c1-28-20-6-3-2-5-18(20)14-25-11-4-9-22(15-25)10-7-21(27)26(16-22)12-8-19-13-23-17-24-19/h2-3,5-6,13,17H,4,7-12,14-16H2,1H3,(H,23,24)/t22-/m0/s1. The van der Waals surface area contributed by atoms with E-state index in [-0.39, 0.29) is 5.41 Å². The van der Waals surface area contributed by atoms with Crippen LogP contribution in [0.2, 0.25) is 0 Å². The van der Waals surface area contributed by atoms with E-state index in [1.807, 2.05) is 18.3 Å². The maximum Gasteiger partial charge on any atom is 0.222 e. The first-order chi connectivity index (χ1) is 13.7. The third-order valence-electron chi connectivity index (χ3n) is 6.28. The highest BCUT2D eigenvalue weighted by atomic mass is 16.5. The number of rotatable bonds is 6. The molecule has 150 valence electrons. The van der Waals surface area contributed by atoms with Gasteiger partial charge in [0.15, 0.2) is 0 Å². The van der Waals surface area contributed by atoms with E-state index in [1.165, 1.54) is 18.4 Å². The average molecular weight is 383 g/mol. The molecule has 0 aliphatic carbocycles. The minimum absolute atomic E-state index is 0.224. The van der Waals surface area contributed by atoms with Gasteiger partial charge in [-0.2, -0.15) is 0 Å². The van der Waals surface area contributed by atoms with Crippen molar-refractivity contribution in [1.29, 1.82) is 0 Å². The van der Waals surface area contributed by atoms with Gasteiger partial charge in [-0.3, -0.25) is 9.69 Å². The number of para-hydroxylation sites is 1. The third kappa shape index (κ3) is 4.22. The zero-order valence-electron chi connectivity index (χ0n) is 16.7. The first-order valence-corrected chi connectivity index (χ1v) is 10.3. The summed E-state index contributed by atoms with van der Waals surface area (Å²) in [5.41, 5.74) is 2.56. The second kappa shape index (κ2) is 8.35. The molecule has 0 unspecified atom stereocenters. The van der Waals surface area contributed by atoms with Gasteiger partial charge >= 0.3 is 0 Å². The summed E-state index contributed by atoms with van der Waals surface area (Å²) in [6, 6.07) is 8.28. The van der Waals surface area contributed by atoms with Crippen LogP contribution in [0.3, 0.4) is 0 Å². The Balaban J connectivity index is 1.41. The van der Waals surface area contributed by atoms with Gasteiger partial charge in [0.25, 0.3) is 0 Å². The Morgan fingerprint density at radius 2 is 2.14 bits per heavy atom. The normalized spacial score (nSPS) is 23.3. The van der Waals surface area contributed by atoms with E-state index < -0.39 is 0 Å². The number of nitrogens with one attached hydrogen (secondary N) is 1. The molecular weight excluding hydrogens is 352 g/mol. The molecule has 0 bridgehead atoms. The Kier molecular flexibility index (Phi) is 5.67. The Labute approximate surface area is 166 Å². The fraction of sp³-hybridized carbons (Fsp3) is 0.545. The lowest BCUT2D eigenvalue weighted by molar-refractivity contribution is -0.139. The van der Waals surface area contributed by atoms with Crippen LogP contribution in [0.5, 0.6) is 5.75 Å². The monoisotopic (exact) mass is 382 g/mol. The molecule has 2 fully saturated rings. The van der Waals surface area contributed by atoms with E-state index >= 15 is 0 Å². The smallest absolute Gasteiger partial charge is 0.222 e. The van der Waals surface area contributed by atoms with E-state index in [2.05, 4.69) is 31.9 Å². The molecule has 1 aromatic carbocycles. The number of carbonyl (C=O) groups excluding carboxylic acids is 1. The summed E-state index contributed by atoms with van der Waals surface area (Å²) >= 11 is 0. The van der Waals surface area contributed by atoms with E-state index in [1.54, 1.807) is 13.4 Å². The van der Waals surface area contributed by atoms with E-state index in [9.17, 15) is 4.79 Å². The molecule has 6 nitrogen and oxygen atoms in total. The summed E-state index contributed by atoms with van der Waals surface area (Å²) < 4.78 is 5.53. The number of aromatic nitrogens is 2. The summed E-state index contributed by atoms with van der Waals surface area (Å²) in [6.45, 7) is 4.73. The van der Waals surface area contributed by atoms with Crippen LogP contribution in [0.15, 0.2) is 36.8 Å². The number of imidazole rings is 1. The molecule has 2 saturated heterocycles. The number of hydrogen-bond acceptors (Lipinski definition) is 4. The summed E-state index contributed by atoms with van der Waals surface area (Å²) in [5.74, 6) is 1.26. The summed E-state index contributed by atoms with van der Waals surface area (Å²) in [6.07, 6.45) is 8.47. The van der Waals surface area contributed by atoms with E-state index in [0.29, 0.717) is 12.3 Å². The van der Waals surface area contributed by atoms with Gasteiger partial charge in [0.1, 0.15) is 5.75 Å². The van der Waals surface area contributed by atoms with Gasteiger partial charge in [-0.15, -0.1) is 0 Å². The van der Waals surface area contributed by atoms with Gasteiger partial charge in [-0.05, 0) is 31.9 Å². The van der Waals surface area contributed by atoms with Crippen LogP contribution >= 0.6 is 0 Å². The molecule has 4 rings (SSSR count). The third-order valence-corrected chi connectivity index (χ3v) is 6.28. The van der Waals surface area contributed by atoms with Crippen molar-refractivity contribution in [2.24, 2.45) is 5.41 Å². The number of methoxy groups -OCH3 is 1. The molecule has 0 saturated carbocycles. The number of aromatic amines is 1. The maximum absolute atomic E-state index is 12.5. The van der Waals surface area contributed by atoms with Crippen LogP contribution in [0.25, 0.3) is 0 Å². The van der Waals surface area contributed by atoms with Crippen molar-refractivity contribution in [3.8, 4) is 5.75 Å². The molecule has 2 aliphatic rings. The zero-order valence-corrected chi connectivity index (χ0v) is 16.7. The van der Waals surface area contributed by atoms with Crippen LogP contribution in [0, 0.1) is 5.41 Å². The number of carbonyl (C=O) groups is 1. The first kappa shape index (κ1) is 19.0. The van der Waals surface area contributed by atoms with Gasteiger partial charge < -0.3 is 14.6 Å². The topological polar surface area (TPSA) is 61.5 Å². The number of H-pyrrole nitrogens is 1.